The number of ether oxygens (including phenoxy) is 1. The van der Waals surface area contributed by atoms with Crippen LogP contribution >= 0.6 is 0 Å². The molecule has 23 heavy (non-hydrogen) atoms. The summed E-state index contributed by atoms with van der Waals surface area (Å²) in [5, 5.41) is 13.3. The van der Waals surface area contributed by atoms with Gasteiger partial charge in [-0.05, 0) is 43.9 Å². The second kappa shape index (κ2) is 8.64. The maximum absolute atomic E-state index is 12.2. The monoisotopic (exact) mass is 326 g/mol. The summed E-state index contributed by atoms with van der Waals surface area (Å²) in [4.78, 5) is 25.3. The van der Waals surface area contributed by atoms with E-state index >= 15 is 0 Å². The molecule has 1 heterocycles. The largest absolute Gasteiger partial charge is 0.381 e. The number of aliphatic hydroxyl groups excluding tert-OH is 1. The molecule has 3 atom stereocenters. The van der Waals surface area contributed by atoms with Crippen molar-refractivity contribution >= 4 is 12.3 Å². The van der Waals surface area contributed by atoms with Crippen molar-refractivity contribution in [2.45, 2.75) is 64.2 Å². The molecule has 0 radical (unpaired) electrons. The van der Waals surface area contributed by atoms with Crippen LogP contribution in [0.4, 0.5) is 0 Å². The van der Waals surface area contributed by atoms with E-state index in [4.69, 9.17) is 4.74 Å². The summed E-state index contributed by atoms with van der Waals surface area (Å²) in [5.74, 6) is 0.461. The van der Waals surface area contributed by atoms with E-state index in [0.29, 0.717) is 25.4 Å². The highest BCUT2D eigenvalue weighted by Crippen LogP contribution is 2.27. The van der Waals surface area contributed by atoms with Gasteiger partial charge in [0.25, 0.3) is 5.91 Å². The van der Waals surface area contributed by atoms with Crippen molar-refractivity contribution in [3.05, 3.63) is 0 Å². The van der Waals surface area contributed by atoms with Crippen molar-refractivity contribution in [3.8, 4) is 0 Å². The van der Waals surface area contributed by atoms with Crippen LogP contribution in [0.1, 0.15) is 46.0 Å². The average molecular weight is 326 g/mol. The first-order valence-corrected chi connectivity index (χ1v) is 8.79. The van der Waals surface area contributed by atoms with Gasteiger partial charge in [-0.15, -0.1) is 0 Å². The van der Waals surface area contributed by atoms with Crippen LogP contribution in [0.5, 0.6) is 0 Å². The summed E-state index contributed by atoms with van der Waals surface area (Å²) in [7, 11) is 0. The van der Waals surface area contributed by atoms with Crippen LogP contribution in [-0.2, 0) is 14.3 Å². The van der Waals surface area contributed by atoms with Gasteiger partial charge < -0.3 is 20.1 Å². The Morgan fingerprint density at radius 2 is 2.13 bits per heavy atom. The molecule has 2 rings (SSSR count). The highest BCUT2D eigenvalue weighted by atomic mass is 16.5. The molecule has 0 aromatic heterocycles. The Kier molecular flexibility index (Phi) is 6.84. The third-order valence-corrected chi connectivity index (χ3v) is 4.61. The summed E-state index contributed by atoms with van der Waals surface area (Å²) in [6.07, 6.45) is 4.35. The molecule has 0 aromatic rings. The fraction of sp³-hybridized carbons (Fsp3) is 0.882. The van der Waals surface area contributed by atoms with Gasteiger partial charge in [0.1, 0.15) is 0 Å². The molecule has 2 N–H and O–H groups in total. The van der Waals surface area contributed by atoms with Crippen molar-refractivity contribution in [1.29, 1.82) is 0 Å². The van der Waals surface area contributed by atoms with Gasteiger partial charge in [0, 0.05) is 19.7 Å². The zero-order valence-electron chi connectivity index (χ0n) is 14.2. The number of nitrogens with zero attached hydrogens (tertiary/aromatic N) is 1. The van der Waals surface area contributed by atoms with Crippen LogP contribution in [0.15, 0.2) is 0 Å². The minimum absolute atomic E-state index is 0.0107. The molecule has 0 bridgehead atoms. The molecule has 6 nitrogen and oxygen atoms in total. The van der Waals surface area contributed by atoms with Crippen LogP contribution in [0.25, 0.3) is 0 Å². The molecule has 2 fully saturated rings. The highest BCUT2D eigenvalue weighted by Gasteiger charge is 2.34. The summed E-state index contributed by atoms with van der Waals surface area (Å²) in [6, 6.07) is -0.504. The van der Waals surface area contributed by atoms with E-state index < -0.39 is 12.1 Å². The van der Waals surface area contributed by atoms with E-state index in [1.54, 1.807) is 4.90 Å². The first-order chi connectivity index (χ1) is 11.0. The van der Waals surface area contributed by atoms with Gasteiger partial charge in [-0.2, -0.15) is 0 Å². The quantitative estimate of drug-likeness (QED) is 0.585. The van der Waals surface area contributed by atoms with Crippen molar-refractivity contribution < 1.29 is 19.4 Å². The van der Waals surface area contributed by atoms with Gasteiger partial charge in [0.2, 0.25) is 6.41 Å². The summed E-state index contributed by atoms with van der Waals surface area (Å²) in [6.45, 7) is 5.83. The number of hydrogen-bond donors (Lipinski definition) is 2. The average Bonchev–Trinajstić information content (AvgIpc) is 3.22. The lowest BCUT2D eigenvalue weighted by Crippen LogP contribution is -2.52. The molecule has 0 spiro atoms. The first-order valence-electron chi connectivity index (χ1n) is 8.79. The standard InChI is InChI=1S/C17H30N2O4/c1-12(2)8-15(16(21)17(22)18-9-13-5-6-13)19(11-20)10-14-4-3-7-23-14/h11-16,21H,3-10H2,1-2H3,(H,18,22). The van der Waals surface area contributed by atoms with Crippen LogP contribution in [-0.4, -0.2) is 60.3 Å². The van der Waals surface area contributed by atoms with Gasteiger partial charge in [-0.1, -0.05) is 13.8 Å². The number of nitrogens with one attached hydrogen (secondary N) is 1. The summed E-state index contributed by atoms with van der Waals surface area (Å²) < 4.78 is 5.59. The molecule has 2 amide bonds. The Labute approximate surface area is 138 Å². The molecular weight excluding hydrogens is 296 g/mol. The predicted molar refractivity (Wildman–Crippen MR) is 86.7 cm³/mol. The van der Waals surface area contributed by atoms with E-state index in [1.165, 1.54) is 0 Å². The molecule has 1 aliphatic carbocycles. The number of rotatable bonds is 10. The summed E-state index contributed by atoms with van der Waals surface area (Å²) >= 11 is 0. The Morgan fingerprint density at radius 1 is 1.39 bits per heavy atom. The SMILES string of the molecule is CC(C)CC(C(O)C(=O)NCC1CC1)N(C=O)CC1CCCO1. The number of carbonyl (C=O) groups excluding carboxylic acids is 2. The Hall–Kier alpha value is -1.14. The van der Waals surface area contributed by atoms with E-state index in [-0.39, 0.29) is 17.9 Å². The lowest BCUT2D eigenvalue weighted by atomic mass is 9.96. The van der Waals surface area contributed by atoms with E-state index in [0.717, 1.165) is 38.7 Å². The third-order valence-electron chi connectivity index (χ3n) is 4.61. The van der Waals surface area contributed by atoms with Crippen molar-refractivity contribution in [1.82, 2.24) is 10.2 Å². The molecular formula is C17H30N2O4. The van der Waals surface area contributed by atoms with Crippen molar-refractivity contribution in [2.75, 3.05) is 19.7 Å². The number of carbonyl (C=O) groups is 2. The zero-order chi connectivity index (χ0) is 16.8. The van der Waals surface area contributed by atoms with Crippen molar-refractivity contribution in [3.63, 3.8) is 0 Å². The number of aliphatic hydroxyl groups is 1. The van der Waals surface area contributed by atoms with E-state index in [9.17, 15) is 14.7 Å². The lowest BCUT2D eigenvalue weighted by molar-refractivity contribution is -0.137. The lowest BCUT2D eigenvalue weighted by Gasteiger charge is -2.34. The van der Waals surface area contributed by atoms with Gasteiger partial charge in [0.05, 0.1) is 12.1 Å². The molecule has 6 heteroatoms. The van der Waals surface area contributed by atoms with Gasteiger partial charge in [0.15, 0.2) is 6.10 Å². The van der Waals surface area contributed by atoms with E-state index in [2.05, 4.69) is 5.32 Å². The number of hydrogen-bond acceptors (Lipinski definition) is 4. The van der Waals surface area contributed by atoms with Crippen molar-refractivity contribution in [2.24, 2.45) is 11.8 Å². The fourth-order valence-electron chi connectivity index (χ4n) is 3.05. The molecule has 1 saturated heterocycles. The Balaban J connectivity index is 1.96. The second-order valence-electron chi connectivity index (χ2n) is 7.27. The minimum Gasteiger partial charge on any atom is -0.381 e. The molecule has 3 unspecified atom stereocenters. The summed E-state index contributed by atoms with van der Waals surface area (Å²) in [5.41, 5.74) is 0. The molecule has 1 saturated carbocycles. The topological polar surface area (TPSA) is 78.9 Å². The first kappa shape index (κ1) is 18.2. The molecule has 1 aliphatic heterocycles. The smallest absolute Gasteiger partial charge is 0.251 e. The third kappa shape index (κ3) is 5.77. The highest BCUT2D eigenvalue weighted by molar-refractivity contribution is 5.81. The maximum atomic E-state index is 12.2. The Bertz CT molecular complexity index is 392. The van der Waals surface area contributed by atoms with Gasteiger partial charge in [-0.25, -0.2) is 0 Å². The van der Waals surface area contributed by atoms with Crippen LogP contribution < -0.4 is 5.32 Å². The zero-order valence-corrected chi connectivity index (χ0v) is 14.2. The predicted octanol–water partition coefficient (Wildman–Crippen LogP) is 0.926. The fourth-order valence-corrected chi connectivity index (χ4v) is 3.05. The minimum atomic E-state index is -1.19. The normalized spacial score (nSPS) is 23.6. The molecule has 132 valence electrons. The molecule has 0 aromatic carbocycles. The Morgan fingerprint density at radius 3 is 2.65 bits per heavy atom. The van der Waals surface area contributed by atoms with Gasteiger partial charge in [-0.3, -0.25) is 9.59 Å². The molecule has 2 aliphatic rings. The van der Waals surface area contributed by atoms with Crippen LogP contribution in [0.2, 0.25) is 0 Å². The second-order valence-corrected chi connectivity index (χ2v) is 7.27. The maximum Gasteiger partial charge on any atom is 0.251 e. The van der Waals surface area contributed by atoms with Crippen LogP contribution in [0, 0.1) is 11.8 Å². The van der Waals surface area contributed by atoms with Gasteiger partial charge >= 0.3 is 0 Å². The van der Waals surface area contributed by atoms with E-state index in [1.807, 2.05) is 13.8 Å². The number of amides is 2. The van der Waals surface area contributed by atoms with Crippen LogP contribution in [0.3, 0.4) is 0 Å².